The summed E-state index contributed by atoms with van der Waals surface area (Å²) in [6, 6.07) is 4.03. The number of nitrogens with one attached hydrogen (secondary N) is 2. The number of aliphatic imine (C=N–C) groups is 1. The van der Waals surface area contributed by atoms with Crippen LogP contribution in [0.1, 0.15) is 31.5 Å². The summed E-state index contributed by atoms with van der Waals surface area (Å²) in [5, 5.41) is 10.5. The Bertz CT molecular complexity index is 573. The van der Waals surface area contributed by atoms with Crippen LogP contribution in [0.3, 0.4) is 0 Å². The Balaban J connectivity index is 1.67. The second kappa shape index (κ2) is 8.21. The zero-order chi connectivity index (χ0) is 15.8. The fourth-order valence-electron chi connectivity index (χ4n) is 1.94. The van der Waals surface area contributed by atoms with Crippen LogP contribution in [-0.4, -0.2) is 40.8 Å². The number of hydrogen-bond acceptors (Lipinski definition) is 4. The lowest BCUT2D eigenvalue weighted by Gasteiger charge is -2.11. The van der Waals surface area contributed by atoms with E-state index in [1.54, 1.807) is 7.05 Å². The molecule has 2 aromatic heterocycles. The Morgan fingerprint density at radius 1 is 1.27 bits per heavy atom. The van der Waals surface area contributed by atoms with Gasteiger partial charge in [0.15, 0.2) is 11.8 Å². The normalized spacial score (nSPS) is 11.9. The van der Waals surface area contributed by atoms with Gasteiger partial charge in [0.1, 0.15) is 0 Å². The van der Waals surface area contributed by atoms with Crippen LogP contribution < -0.4 is 10.6 Å². The Kier molecular flexibility index (Phi) is 6.00. The zero-order valence-electron chi connectivity index (χ0n) is 13.4. The van der Waals surface area contributed by atoms with E-state index in [9.17, 15) is 0 Å². The maximum absolute atomic E-state index is 5.21. The van der Waals surface area contributed by atoms with Crippen LogP contribution in [0.2, 0.25) is 0 Å². The quantitative estimate of drug-likeness (QED) is 0.597. The lowest BCUT2D eigenvalue weighted by Crippen LogP contribution is -2.39. The molecule has 0 saturated heterocycles. The summed E-state index contributed by atoms with van der Waals surface area (Å²) in [6.07, 6.45) is 4.76. The van der Waals surface area contributed by atoms with Gasteiger partial charge in [0.05, 0.1) is 0 Å². The lowest BCUT2D eigenvalue weighted by molar-refractivity contribution is 0.371. The zero-order valence-corrected chi connectivity index (χ0v) is 13.4. The number of rotatable bonds is 7. The predicted molar refractivity (Wildman–Crippen MR) is 85.9 cm³/mol. The predicted octanol–water partition coefficient (Wildman–Crippen LogP) is 1.40. The highest BCUT2D eigenvalue weighted by atomic mass is 16.5. The molecule has 22 heavy (non-hydrogen) atoms. The van der Waals surface area contributed by atoms with Crippen LogP contribution in [0.15, 0.2) is 34.0 Å². The van der Waals surface area contributed by atoms with Crippen LogP contribution in [0.5, 0.6) is 0 Å². The maximum Gasteiger partial charge on any atom is 0.228 e. The van der Waals surface area contributed by atoms with Crippen molar-refractivity contribution in [2.24, 2.45) is 4.99 Å². The van der Waals surface area contributed by atoms with Gasteiger partial charge >= 0.3 is 0 Å². The molecule has 0 atom stereocenters. The van der Waals surface area contributed by atoms with E-state index in [1.807, 2.05) is 38.4 Å². The standard InChI is InChI=1S/C15H24N6O/c1-12(2)14-19-13(22-20-14)6-7-17-15(16-3)18-8-11-21-9-4-5-10-21/h4-5,9-10,12H,6-8,11H2,1-3H3,(H2,16,17,18). The molecule has 0 spiro atoms. The van der Waals surface area contributed by atoms with Gasteiger partial charge in [-0.1, -0.05) is 19.0 Å². The lowest BCUT2D eigenvalue weighted by atomic mass is 10.2. The molecule has 0 aromatic carbocycles. The average molecular weight is 304 g/mol. The van der Waals surface area contributed by atoms with Gasteiger partial charge in [-0.2, -0.15) is 4.98 Å². The van der Waals surface area contributed by atoms with Gasteiger partial charge in [-0.15, -0.1) is 0 Å². The first-order valence-corrected chi connectivity index (χ1v) is 7.57. The van der Waals surface area contributed by atoms with E-state index in [1.165, 1.54) is 0 Å². The molecule has 2 N–H and O–H groups in total. The van der Waals surface area contributed by atoms with Crippen LogP contribution in [-0.2, 0) is 13.0 Å². The fraction of sp³-hybridized carbons (Fsp3) is 0.533. The van der Waals surface area contributed by atoms with Gasteiger partial charge in [-0.05, 0) is 12.1 Å². The van der Waals surface area contributed by atoms with Crippen molar-refractivity contribution in [3.63, 3.8) is 0 Å². The third-order valence-corrected chi connectivity index (χ3v) is 3.18. The molecular weight excluding hydrogens is 280 g/mol. The van der Waals surface area contributed by atoms with E-state index in [4.69, 9.17) is 4.52 Å². The maximum atomic E-state index is 5.21. The van der Waals surface area contributed by atoms with Crippen molar-refractivity contribution >= 4 is 5.96 Å². The second-order valence-electron chi connectivity index (χ2n) is 5.30. The third-order valence-electron chi connectivity index (χ3n) is 3.18. The second-order valence-corrected chi connectivity index (χ2v) is 5.30. The molecule has 7 heteroatoms. The molecule has 0 unspecified atom stereocenters. The summed E-state index contributed by atoms with van der Waals surface area (Å²) in [6.45, 7) is 6.50. The molecular formula is C15H24N6O. The molecule has 0 aliphatic carbocycles. The Labute approximate surface area is 130 Å². The molecule has 120 valence electrons. The highest BCUT2D eigenvalue weighted by Gasteiger charge is 2.09. The molecule has 7 nitrogen and oxygen atoms in total. The van der Waals surface area contributed by atoms with E-state index in [0.29, 0.717) is 18.9 Å². The molecule has 0 bridgehead atoms. The van der Waals surface area contributed by atoms with Crippen molar-refractivity contribution in [2.45, 2.75) is 32.7 Å². The molecule has 0 saturated carbocycles. The first-order valence-electron chi connectivity index (χ1n) is 7.57. The highest BCUT2D eigenvalue weighted by molar-refractivity contribution is 5.79. The Morgan fingerprint density at radius 3 is 2.64 bits per heavy atom. The number of aromatic nitrogens is 3. The van der Waals surface area contributed by atoms with E-state index in [-0.39, 0.29) is 5.92 Å². The van der Waals surface area contributed by atoms with Gasteiger partial charge in [0.2, 0.25) is 5.89 Å². The van der Waals surface area contributed by atoms with E-state index >= 15 is 0 Å². The van der Waals surface area contributed by atoms with Crippen molar-refractivity contribution in [1.82, 2.24) is 25.3 Å². The monoisotopic (exact) mass is 304 g/mol. The van der Waals surface area contributed by atoms with Gasteiger partial charge in [-0.3, -0.25) is 4.99 Å². The summed E-state index contributed by atoms with van der Waals surface area (Å²) >= 11 is 0. The smallest absolute Gasteiger partial charge is 0.228 e. The fourth-order valence-corrected chi connectivity index (χ4v) is 1.94. The highest BCUT2D eigenvalue weighted by Crippen LogP contribution is 2.09. The Hall–Kier alpha value is -2.31. The minimum absolute atomic E-state index is 0.286. The summed E-state index contributed by atoms with van der Waals surface area (Å²) in [4.78, 5) is 8.54. The van der Waals surface area contributed by atoms with Crippen LogP contribution >= 0.6 is 0 Å². The summed E-state index contributed by atoms with van der Waals surface area (Å²) < 4.78 is 7.32. The topological polar surface area (TPSA) is 80.3 Å². The van der Waals surface area contributed by atoms with Gasteiger partial charge in [0.25, 0.3) is 0 Å². The van der Waals surface area contributed by atoms with E-state index < -0.39 is 0 Å². The summed E-state index contributed by atoms with van der Waals surface area (Å²) in [5.41, 5.74) is 0. The largest absolute Gasteiger partial charge is 0.356 e. The van der Waals surface area contributed by atoms with Gasteiger partial charge in [0, 0.05) is 51.4 Å². The van der Waals surface area contributed by atoms with Crippen molar-refractivity contribution in [2.75, 3.05) is 20.1 Å². The first-order chi connectivity index (χ1) is 10.7. The van der Waals surface area contributed by atoms with Crippen molar-refractivity contribution in [1.29, 1.82) is 0 Å². The molecule has 2 rings (SSSR count). The molecule has 0 radical (unpaired) electrons. The minimum Gasteiger partial charge on any atom is -0.356 e. The number of guanidine groups is 1. The van der Waals surface area contributed by atoms with E-state index in [0.717, 1.165) is 24.9 Å². The van der Waals surface area contributed by atoms with Crippen molar-refractivity contribution in [3.05, 3.63) is 36.2 Å². The van der Waals surface area contributed by atoms with Crippen molar-refractivity contribution in [3.8, 4) is 0 Å². The summed E-state index contributed by atoms with van der Waals surface area (Å²) in [5.74, 6) is 2.47. The van der Waals surface area contributed by atoms with E-state index in [2.05, 4.69) is 30.3 Å². The number of nitrogens with zero attached hydrogens (tertiary/aromatic N) is 4. The molecule has 0 amide bonds. The molecule has 2 aromatic rings. The van der Waals surface area contributed by atoms with Gasteiger partial charge < -0.3 is 19.7 Å². The molecule has 0 aliphatic rings. The van der Waals surface area contributed by atoms with Crippen LogP contribution in [0.4, 0.5) is 0 Å². The van der Waals surface area contributed by atoms with Crippen LogP contribution in [0, 0.1) is 0 Å². The third kappa shape index (κ3) is 4.91. The summed E-state index contributed by atoms with van der Waals surface area (Å²) in [7, 11) is 1.76. The Morgan fingerprint density at radius 2 is 2.00 bits per heavy atom. The van der Waals surface area contributed by atoms with Crippen molar-refractivity contribution < 1.29 is 4.52 Å². The number of hydrogen-bond donors (Lipinski definition) is 2. The van der Waals surface area contributed by atoms with Crippen LogP contribution in [0.25, 0.3) is 0 Å². The minimum atomic E-state index is 0.286. The van der Waals surface area contributed by atoms with Gasteiger partial charge in [-0.25, -0.2) is 0 Å². The molecule has 0 aliphatic heterocycles. The SMILES string of the molecule is CN=C(NCCc1nc(C(C)C)no1)NCCn1cccc1. The molecule has 0 fully saturated rings. The first kappa shape index (κ1) is 16.1. The molecule has 2 heterocycles. The average Bonchev–Trinajstić information content (AvgIpc) is 3.17.